The summed E-state index contributed by atoms with van der Waals surface area (Å²) in [6.07, 6.45) is 6.71. The van der Waals surface area contributed by atoms with Gasteiger partial charge in [0.2, 0.25) is 5.82 Å². The van der Waals surface area contributed by atoms with E-state index in [-0.39, 0.29) is 5.82 Å². The van der Waals surface area contributed by atoms with Gasteiger partial charge in [0.1, 0.15) is 11.9 Å². The van der Waals surface area contributed by atoms with Crippen molar-refractivity contribution in [2.45, 2.75) is 32.2 Å². The molecule has 0 bridgehead atoms. The van der Waals surface area contributed by atoms with Crippen molar-refractivity contribution in [3.05, 3.63) is 54.0 Å². The van der Waals surface area contributed by atoms with E-state index >= 15 is 0 Å². The van der Waals surface area contributed by atoms with E-state index in [1.807, 2.05) is 12.1 Å². The van der Waals surface area contributed by atoms with E-state index in [1.54, 1.807) is 6.20 Å². The first kappa shape index (κ1) is 17.0. The number of piperidine rings is 2. The molecule has 26 heavy (non-hydrogen) atoms. The maximum Gasteiger partial charge on any atom is 0.234 e. The molecule has 1 aromatic heterocycles. The molecule has 3 heterocycles. The number of nitriles is 1. The van der Waals surface area contributed by atoms with E-state index in [9.17, 15) is 0 Å². The van der Waals surface area contributed by atoms with Crippen molar-refractivity contribution in [3.8, 4) is 6.07 Å². The fourth-order valence-corrected chi connectivity index (χ4v) is 4.32. The second kappa shape index (κ2) is 7.43. The van der Waals surface area contributed by atoms with E-state index < -0.39 is 0 Å². The maximum absolute atomic E-state index is 8.99. The van der Waals surface area contributed by atoms with Crippen LogP contribution < -0.4 is 4.90 Å². The minimum absolute atomic E-state index is 0.261. The molecule has 2 saturated heterocycles. The van der Waals surface area contributed by atoms with Gasteiger partial charge in [0.05, 0.1) is 0 Å². The molecule has 2 aliphatic heterocycles. The monoisotopic (exact) mass is 347 g/mol. The summed E-state index contributed by atoms with van der Waals surface area (Å²) < 4.78 is 0. The van der Waals surface area contributed by atoms with Gasteiger partial charge in [-0.25, -0.2) is 9.97 Å². The summed E-state index contributed by atoms with van der Waals surface area (Å²) in [5.74, 6) is 1.16. The summed E-state index contributed by atoms with van der Waals surface area (Å²) in [6, 6.07) is 14.7. The van der Waals surface area contributed by atoms with Gasteiger partial charge in [-0.2, -0.15) is 5.26 Å². The molecule has 5 nitrogen and oxygen atoms in total. The van der Waals surface area contributed by atoms with Crippen LogP contribution in [0.1, 0.15) is 37.1 Å². The zero-order chi connectivity index (χ0) is 17.8. The van der Waals surface area contributed by atoms with Crippen LogP contribution in [0.2, 0.25) is 0 Å². The van der Waals surface area contributed by atoms with Crippen molar-refractivity contribution in [3.63, 3.8) is 0 Å². The van der Waals surface area contributed by atoms with E-state index in [4.69, 9.17) is 5.26 Å². The van der Waals surface area contributed by atoms with Crippen molar-refractivity contribution in [2.75, 3.05) is 31.1 Å². The van der Waals surface area contributed by atoms with Gasteiger partial charge in [-0.1, -0.05) is 30.3 Å². The highest BCUT2D eigenvalue weighted by Gasteiger charge is 2.37. The molecule has 0 N–H and O–H groups in total. The lowest BCUT2D eigenvalue weighted by molar-refractivity contribution is 0.0757. The number of rotatable bonds is 3. The van der Waals surface area contributed by atoms with Gasteiger partial charge in [0, 0.05) is 25.8 Å². The largest absolute Gasteiger partial charge is 0.356 e. The summed E-state index contributed by atoms with van der Waals surface area (Å²) in [5, 5.41) is 8.99. The van der Waals surface area contributed by atoms with Crippen LogP contribution in [-0.2, 0) is 6.54 Å². The Morgan fingerprint density at radius 2 is 1.65 bits per heavy atom. The molecular formula is C21H25N5. The fraction of sp³-hybridized carbons (Fsp3) is 0.476. The maximum atomic E-state index is 8.99. The number of hydrogen-bond acceptors (Lipinski definition) is 5. The smallest absolute Gasteiger partial charge is 0.234 e. The minimum atomic E-state index is 0.261. The fourth-order valence-electron chi connectivity index (χ4n) is 4.32. The first-order chi connectivity index (χ1) is 12.8. The van der Waals surface area contributed by atoms with Gasteiger partial charge >= 0.3 is 0 Å². The average molecular weight is 347 g/mol. The number of likely N-dealkylation sites (tertiary alicyclic amines) is 1. The molecule has 2 aliphatic rings. The Morgan fingerprint density at radius 3 is 2.35 bits per heavy atom. The van der Waals surface area contributed by atoms with Crippen LogP contribution >= 0.6 is 0 Å². The minimum Gasteiger partial charge on any atom is -0.356 e. The highest BCUT2D eigenvalue weighted by molar-refractivity contribution is 5.39. The third-order valence-corrected chi connectivity index (χ3v) is 6.05. The first-order valence-corrected chi connectivity index (χ1v) is 9.51. The van der Waals surface area contributed by atoms with Crippen molar-refractivity contribution in [1.29, 1.82) is 5.26 Å². The van der Waals surface area contributed by atoms with Gasteiger partial charge in [-0.15, -0.1) is 0 Å². The lowest BCUT2D eigenvalue weighted by Gasteiger charge is -2.47. The number of aromatic nitrogens is 2. The highest BCUT2D eigenvalue weighted by Crippen LogP contribution is 2.42. The number of benzene rings is 1. The molecule has 0 unspecified atom stereocenters. The van der Waals surface area contributed by atoms with Gasteiger partial charge in [-0.05, 0) is 55.8 Å². The normalized spacial score (nSPS) is 20.0. The van der Waals surface area contributed by atoms with Crippen molar-refractivity contribution in [1.82, 2.24) is 14.9 Å². The predicted molar refractivity (Wildman–Crippen MR) is 102 cm³/mol. The molecule has 1 aromatic carbocycles. The Bertz CT molecular complexity index is 764. The van der Waals surface area contributed by atoms with Crippen LogP contribution in [0, 0.1) is 16.7 Å². The molecule has 0 amide bonds. The van der Waals surface area contributed by atoms with Gasteiger partial charge in [0.25, 0.3) is 0 Å². The number of nitrogens with zero attached hydrogens (tertiary/aromatic N) is 5. The molecule has 2 aromatic rings. The molecule has 5 heteroatoms. The second-order valence-corrected chi connectivity index (χ2v) is 7.60. The molecule has 0 radical (unpaired) electrons. The Labute approximate surface area is 155 Å². The van der Waals surface area contributed by atoms with Crippen molar-refractivity contribution in [2.24, 2.45) is 5.41 Å². The quantitative estimate of drug-likeness (QED) is 0.853. The molecule has 2 fully saturated rings. The number of hydrogen-bond donors (Lipinski definition) is 0. The third-order valence-electron chi connectivity index (χ3n) is 6.05. The van der Waals surface area contributed by atoms with E-state index in [1.165, 1.54) is 44.3 Å². The summed E-state index contributed by atoms with van der Waals surface area (Å²) >= 11 is 0. The molecular weight excluding hydrogens is 322 g/mol. The number of anilines is 1. The van der Waals surface area contributed by atoms with Crippen molar-refractivity contribution < 1.29 is 0 Å². The highest BCUT2D eigenvalue weighted by atomic mass is 15.2. The van der Waals surface area contributed by atoms with Gasteiger partial charge < -0.3 is 4.90 Å². The Kier molecular flexibility index (Phi) is 4.85. The molecule has 4 rings (SSSR count). The van der Waals surface area contributed by atoms with Crippen LogP contribution in [0.15, 0.2) is 42.6 Å². The molecule has 0 saturated carbocycles. The zero-order valence-electron chi connectivity index (χ0n) is 15.1. The van der Waals surface area contributed by atoms with Crippen LogP contribution in [0.5, 0.6) is 0 Å². The summed E-state index contributed by atoms with van der Waals surface area (Å²) in [7, 11) is 0. The first-order valence-electron chi connectivity index (χ1n) is 9.51. The molecule has 0 atom stereocenters. The third kappa shape index (κ3) is 3.71. The van der Waals surface area contributed by atoms with E-state index in [0.29, 0.717) is 5.41 Å². The Hall–Kier alpha value is -2.45. The molecule has 1 spiro atoms. The van der Waals surface area contributed by atoms with Crippen LogP contribution in [0.25, 0.3) is 0 Å². The predicted octanol–water partition coefficient (Wildman–Crippen LogP) is 3.23. The van der Waals surface area contributed by atoms with Crippen LogP contribution in [0.3, 0.4) is 0 Å². The SMILES string of the molecule is N#Cc1nccc(N2CCC3(CCN(Cc4ccccc4)CC3)CC2)n1. The Balaban J connectivity index is 1.31. The zero-order valence-corrected chi connectivity index (χ0v) is 15.1. The van der Waals surface area contributed by atoms with E-state index in [2.05, 4.69) is 50.1 Å². The molecule has 0 aliphatic carbocycles. The lowest BCUT2D eigenvalue weighted by Crippen LogP contribution is -2.46. The average Bonchev–Trinajstić information content (AvgIpc) is 2.71. The summed E-state index contributed by atoms with van der Waals surface area (Å²) in [4.78, 5) is 13.2. The van der Waals surface area contributed by atoms with Gasteiger partial charge in [0.15, 0.2) is 0 Å². The van der Waals surface area contributed by atoms with E-state index in [0.717, 1.165) is 25.5 Å². The molecule has 134 valence electrons. The topological polar surface area (TPSA) is 56.1 Å². The van der Waals surface area contributed by atoms with Crippen LogP contribution in [0.4, 0.5) is 5.82 Å². The summed E-state index contributed by atoms with van der Waals surface area (Å²) in [5.41, 5.74) is 1.91. The standard InChI is InChI=1S/C21H25N5/c22-16-19-23-11-6-20(24-19)26-14-9-21(10-15-26)7-12-25(13-8-21)17-18-4-2-1-3-5-18/h1-6,11H,7-10,12-15,17H2. The summed E-state index contributed by atoms with van der Waals surface area (Å²) in [6.45, 7) is 5.52. The van der Waals surface area contributed by atoms with Crippen molar-refractivity contribution >= 4 is 5.82 Å². The second-order valence-electron chi connectivity index (χ2n) is 7.60. The van der Waals surface area contributed by atoms with Crippen LogP contribution in [-0.4, -0.2) is 41.0 Å². The Morgan fingerprint density at radius 1 is 0.962 bits per heavy atom. The lowest BCUT2D eigenvalue weighted by atomic mass is 9.71. The van der Waals surface area contributed by atoms with Gasteiger partial charge in [-0.3, -0.25) is 4.90 Å².